The SMILES string of the molecule is CC(C)(C)c1ccc(-c2nc(Cl)nc(-c3ccc4c5ccccc5n(-c5cc(C(C)(C)C)ccn5)c4c3)n2)cc1. The minimum atomic E-state index is 0.00469. The third kappa shape index (κ3) is 4.75. The molecular weight excluding hydrogens is 514 g/mol. The highest BCUT2D eigenvalue weighted by Crippen LogP contribution is 2.35. The molecule has 3 heterocycles. The van der Waals surface area contributed by atoms with Gasteiger partial charge in [0, 0.05) is 28.1 Å². The molecule has 5 nitrogen and oxygen atoms in total. The van der Waals surface area contributed by atoms with Gasteiger partial charge < -0.3 is 0 Å². The number of para-hydroxylation sites is 1. The second kappa shape index (κ2) is 9.53. The van der Waals surface area contributed by atoms with Gasteiger partial charge in [0.25, 0.3) is 0 Å². The maximum atomic E-state index is 6.45. The maximum Gasteiger partial charge on any atom is 0.226 e. The minimum absolute atomic E-state index is 0.00469. The number of pyridine rings is 1. The van der Waals surface area contributed by atoms with Crippen LogP contribution in [0.1, 0.15) is 52.7 Å². The van der Waals surface area contributed by atoms with Crippen LogP contribution >= 0.6 is 11.6 Å². The summed E-state index contributed by atoms with van der Waals surface area (Å²) in [5.74, 6) is 1.96. The molecule has 0 aliphatic carbocycles. The largest absolute Gasteiger partial charge is 0.294 e. The molecule has 0 atom stereocenters. The second-order valence-corrected chi connectivity index (χ2v) is 12.7. The smallest absolute Gasteiger partial charge is 0.226 e. The van der Waals surface area contributed by atoms with Crippen molar-refractivity contribution >= 4 is 33.4 Å². The van der Waals surface area contributed by atoms with E-state index >= 15 is 0 Å². The average molecular weight is 546 g/mol. The topological polar surface area (TPSA) is 56.5 Å². The van der Waals surface area contributed by atoms with E-state index in [2.05, 4.69) is 123 Å². The van der Waals surface area contributed by atoms with Crippen LogP contribution in [0, 0.1) is 0 Å². The number of benzene rings is 3. The first kappa shape index (κ1) is 26.1. The van der Waals surface area contributed by atoms with E-state index in [4.69, 9.17) is 21.6 Å². The average Bonchev–Trinajstić information content (AvgIpc) is 3.25. The number of fused-ring (bicyclic) bond motifs is 3. The monoisotopic (exact) mass is 545 g/mol. The van der Waals surface area contributed by atoms with E-state index in [0.29, 0.717) is 11.6 Å². The molecular formula is C34H32ClN5. The quantitative estimate of drug-likeness (QED) is 0.223. The molecule has 0 bridgehead atoms. The van der Waals surface area contributed by atoms with Gasteiger partial charge >= 0.3 is 0 Å². The van der Waals surface area contributed by atoms with Crippen LogP contribution in [0.5, 0.6) is 0 Å². The Kier molecular flexibility index (Phi) is 6.23. The van der Waals surface area contributed by atoms with Crippen LogP contribution in [0.15, 0.2) is 85.1 Å². The lowest BCUT2D eigenvalue weighted by atomic mass is 9.87. The van der Waals surface area contributed by atoms with Gasteiger partial charge in [-0.15, -0.1) is 0 Å². The Morgan fingerprint density at radius 2 is 1.23 bits per heavy atom. The number of rotatable bonds is 3. The number of aromatic nitrogens is 5. The Morgan fingerprint density at radius 1 is 0.600 bits per heavy atom. The van der Waals surface area contributed by atoms with Crippen molar-refractivity contribution in [2.75, 3.05) is 0 Å². The van der Waals surface area contributed by atoms with Gasteiger partial charge in [0.1, 0.15) is 5.82 Å². The molecule has 3 aromatic carbocycles. The summed E-state index contributed by atoms with van der Waals surface area (Å²) in [5.41, 5.74) is 6.44. The van der Waals surface area contributed by atoms with Crippen LogP contribution in [0.4, 0.5) is 0 Å². The molecule has 0 N–H and O–H groups in total. The Labute approximate surface area is 239 Å². The first-order valence-electron chi connectivity index (χ1n) is 13.5. The third-order valence-electron chi connectivity index (χ3n) is 7.39. The van der Waals surface area contributed by atoms with Gasteiger partial charge in [-0.05, 0) is 57.8 Å². The fourth-order valence-corrected chi connectivity index (χ4v) is 5.25. The summed E-state index contributed by atoms with van der Waals surface area (Å²) in [6, 6.07) is 27.3. The number of hydrogen-bond acceptors (Lipinski definition) is 4. The standard InChI is InChI=1S/C34H32ClN5/c1-33(2,3)23-14-11-21(12-15-23)30-37-31(39-32(35)38-30)22-13-16-26-25-9-7-8-10-27(25)40(28(26)19-22)29-20-24(17-18-36-29)34(4,5)6/h7-20H,1-6H3. The Morgan fingerprint density at radius 3 is 1.93 bits per heavy atom. The summed E-state index contributed by atoms with van der Waals surface area (Å²) >= 11 is 6.45. The lowest BCUT2D eigenvalue weighted by molar-refractivity contribution is 0.588. The molecule has 200 valence electrons. The summed E-state index contributed by atoms with van der Waals surface area (Å²) < 4.78 is 2.22. The van der Waals surface area contributed by atoms with Crippen LogP contribution < -0.4 is 0 Å². The van der Waals surface area contributed by atoms with Gasteiger partial charge in [-0.1, -0.05) is 96.1 Å². The summed E-state index contributed by atoms with van der Waals surface area (Å²) in [5, 5.41) is 2.47. The zero-order valence-corrected chi connectivity index (χ0v) is 24.5. The van der Waals surface area contributed by atoms with Gasteiger partial charge in [0.15, 0.2) is 11.6 Å². The first-order chi connectivity index (χ1) is 19.0. The summed E-state index contributed by atoms with van der Waals surface area (Å²) in [6.45, 7) is 13.2. The fraction of sp³-hybridized carbons (Fsp3) is 0.235. The van der Waals surface area contributed by atoms with Gasteiger partial charge in [0.05, 0.1) is 11.0 Å². The van der Waals surface area contributed by atoms with Crippen molar-refractivity contribution in [1.29, 1.82) is 0 Å². The van der Waals surface area contributed by atoms with Gasteiger partial charge in [-0.3, -0.25) is 4.57 Å². The number of hydrogen-bond donors (Lipinski definition) is 0. The van der Waals surface area contributed by atoms with Crippen molar-refractivity contribution in [2.45, 2.75) is 52.4 Å². The van der Waals surface area contributed by atoms with Gasteiger partial charge in [-0.2, -0.15) is 9.97 Å². The number of nitrogens with zero attached hydrogens (tertiary/aromatic N) is 5. The van der Waals surface area contributed by atoms with E-state index in [9.17, 15) is 0 Å². The Bertz CT molecular complexity index is 1870. The molecule has 0 saturated carbocycles. The highest BCUT2D eigenvalue weighted by Gasteiger charge is 2.19. The highest BCUT2D eigenvalue weighted by atomic mass is 35.5. The van der Waals surface area contributed by atoms with E-state index in [0.717, 1.165) is 33.4 Å². The zero-order valence-electron chi connectivity index (χ0n) is 23.7. The lowest BCUT2D eigenvalue weighted by Crippen LogP contribution is -2.12. The fourth-order valence-electron chi connectivity index (χ4n) is 5.09. The van der Waals surface area contributed by atoms with Gasteiger partial charge in [-0.25, -0.2) is 9.97 Å². The van der Waals surface area contributed by atoms with E-state index in [1.54, 1.807) is 0 Å². The molecule has 6 aromatic rings. The van der Waals surface area contributed by atoms with E-state index in [1.165, 1.54) is 16.5 Å². The molecule has 40 heavy (non-hydrogen) atoms. The maximum absolute atomic E-state index is 6.45. The molecule has 6 heteroatoms. The normalized spacial score (nSPS) is 12.4. The van der Waals surface area contributed by atoms with Crippen molar-refractivity contribution in [1.82, 2.24) is 24.5 Å². The van der Waals surface area contributed by atoms with E-state index < -0.39 is 0 Å². The van der Waals surface area contributed by atoms with Gasteiger partial charge in [0.2, 0.25) is 5.28 Å². The van der Waals surface area contributed by atoms with Crippen LogP contribution in [-0.2, 0) is 10.8 Å². The predicted octanol–water partition coefficient (Wildman–Crippen LogP) is 8.95. The molecule has 0 radical (unpaired) electrons. The summed E-state index contributed by atoms with van der Waals surface area (Å²) in [7, 11) is 0. The van der Waals surface area contributed by atoms with Crippen molar-refractivity contribution in [3.63, 3.8) is 0 Å². The van der Waals surface area contributed by atoms with E-state index in [1.807, 2.05) is 18.3 Å². The molecule has 3 aromatic heterocycles. The molecule has 0 saturated heterocycles. The predicted molar refractivity (Wildman–Crippen MR) is 165 cm³/mol. The van der Waals surface area contributed by atoms with Crippen LogP contribution in [-0.4, -0.2) is 24.5 Å². The lowest BCUT2D eigenvalue weighted by Gasteiger charge is -2.20. The molecule has 0 spiro atoms. The second-order valence-electron chi connectivity index (χ2n) is 12.3. The minimum Gasteiger partial charge on any atom is -0.294 e. The van der Waals surface area contributed by atoms with Crippen LogP contribution in [0.2, 0.25) is 5.28 Å². The molecule has 0 unspecified atom stereocenters. The van der Waals surface area contributed by atoms with Crippen molar-refractivity contribution in [3.05, 3.63) is 101 Å². The number of halogens is 1. The van der Waals surface area contributed by atoms with Crippen LogP contribution in [0.3, 0.4) is 0 Å². The third-order valence-corrected chi connectivity index (χ3v) is 7.56. The molecule has 0 fully saturated rings. The van der Waals surface area contributed by atoms with Crippen molar-refractivity contribution in [3.8, 4) is 28.6 Å². The first-order valence-corrected chi connectivity index (χ1v) is 13.9. The summed E-state index contributed by atoms with van der Waals surface area (Å²) in [6.07, 6.45) is 1.89. The molecule has 6 rings (SSSR count). The van der Waals surface area contributed by atoms with Crippen molar-refractivity contribution in [2.24, 2.45) is 0 Å². The Balaban J connectivity index is 1.52. The Hall–Kier alpha value is -4.09. The van der Waals surface area contributed by atoms with E-state index in [-0.39, 0.29) is 16.1 Å². The molecule has 0 amide bonds. The summed E-state index contributed by atoms with van der Waals surface area (Å²) in [4.78, 5) is 18.6. The zero-order chi connectivity index (χ0) is 28.2. The van der Waals surface area contributed by atoms with Crippen molar-refractivity contribution < 1.29 is 0 Å². The highest BCUT2D eigenvalue weighted by molar-refractivity contribution is 6.28. The molecule has 0 aliphatic heterocycles. The van der Waals surface area contributed by atoms with Crippen LogP contribution in [0.25, 0.3) is 50.4 Å². The molecule has 0 aliphatic rings.